The summed E-state index contributed by atoms with van der Waals surface area (Å²) < 4.78 is 38.6. The number of nitro benzene ring substituents is 1. The van der Waals surface area contributed by atoms with Gasteiger partial charge in [0, 0.05) is 7.05 Å². The van der Waals surface area contributed by atoms with Gasteiger partial charge in [0.15, 0.2) is 4.90 Å². The molecular formula is C11H15FN2O5S. The largest absolute Gasteiger partial charge is 0.394 e. The van der Waals surface area contributed by atoms with Crippen molar-refractivity contribution in [3.05, 3.63) is 34.1 Å². The van der Waals surface area contributed by atoms with Gasteiger partial charge >= 0.3 is 0 Å². The van der Waals surface area contributed by atoms with Crippen molar-refractivity contribution in [3.8, 4) is 0 Å². The number of nitrogens with zero attached hydrogens (tertiary/aromatic N) is 2. The maximum absolute atomic E-state index is 13.0. The highest BCUT2D eigenvalue weighted by molar-refractivity contribution is 7.89. The zero-order chi connectivity index (χ0) is 15.7. The molecule has 0 fully saturated rings. The molecule has 0 aliphatic heterocycles. The maximum atomic E-state index is 13.0. The van der Waals surface area contributed by atoms with Gasteiger partial charge in [-0.1, -0.05) is 0 Å². The van der Waals surface area contributed by atoms with Crippen LogP contribution >= 0.6 is 0 Å². The zero-order valence-corrected chi connectivity index (χ0v) is 12.0. The van der Waals surface area contributed by atoms with Gasteiger partial charge in [0.25, 0.3) is 5.69 Å². The summed E-state index contributed by atoms with van der Waals surface area (Å²) >= 11 is 0. The van der Waals surface area contributed by atoms with Crippen molar-refractivity contribution < 1.29 is 22.8 Å². The van der Waals surface area contributed by atoms with Crippen LogP contribution in [0.2, 0.25) is 0 Å². The molecule has 1 aromatic carbocycles. The Balaban J connectivity index is 3.48. The third-order valence-corrected chi connectivity index (χ3v) is 5.11. The number of sulfonamides is 1. The van der Waals surface area contributed by atoms with E-state index in [2.05, 4.69) is 0 Å². The number of hydrogen-bond acceptors (Lipinski definition) is 5. The van der Waals surface area contributed by atoms with Crippen molar-refractivity contribution in [2.24, 2.45) is 0 Å². The second-order valence-corrected chi connectivity index (χ2v) is 6.75. The van der Waals surface area contributed by atoms with E-state index in [-0.39, 0.29) is 0 Å². The van der Waals surface area contributed by atoms with Gasteiger partial charge in [-0.05, 0) is 26.0 Å². The van der Waals surface area contributed by atoms with Gasteiger partial charge in [-0.3, -0.25) is 10.1 Å². The standard InChI is InChI=1S/C11H15FN2O5S/c1-11(2,7-15)13(3)20(18,19)10-5-4-8(12)6-9(10)14(16)17/h4-6,15H,7H2,1-3H3. The van der Waals surface area contributed by atoms with Crippen molar-refractivity contribution >= 4 is 15.7 Å². The SMILES string of the molecule is CN(C(C)(C)CO)S(=O)(=O)c1ccc(F)cc1[N+](=O)[O-]. The zero-order valence-electron chi connectivity index (χ0n) is 11.2. The second-order valence-electron chi connectivity index (χ2n) is 4.81. The van der Waals surface area contributed by atoms with Gasteiger partial charge in [0.05, 0.1) is 23.1 Å². The Bertz CT molecular complexity index is 630. The van der Waals surface area contributed by atoms with Crippen LogP contribution in [0.4, 0.5) is 10.1 Å². The van der Waals surface area contributed by atoms with Gasteiger partial charge in [-0.2, -0.15) is 4.31 Å². The van der Waals surface area contributed by atoms with Crippen LogP contribution in [-0.4, -0.2) is 41.9 Å². The minimum atomic E-state index is -4.24. The van der Waals surface area contributed by atoms with E-state index in [4.69, 9.17) is 0 Å². The summed E-state index contributed by atoms with van der Waals surface area (Å²) in [5, 5.41) is 20.1. The van der Waals surface area contributed by atoms with Gasteiger partial charge in [-0.15, -0.1) is 0 Å². The first-order valence-corrected chi connectivity index (χ1v) is 7.02. The average molecular weight is 306 g/mol. The molecule has 0 radical (unpaired) electrons. The number of hydrogen-bond donors (Lipinski definition) is 1. The summed E-state index contributed by atoms with van der Waals surface area (Å²) in [6, 6.07) is 2.22. The Hall–Kier alpha value is -1.58. The summed E-state index contributed by atoms with van der Waals surface area (Å²) in [5.74, 6) is -0.903. The molecule has 20 heavy (non-hydrogen) atoms. The first kappa shape index (κ1) is 16.5. The lowest BCUT2D eigenvalue weighted by Crippen LogP contribution is -2.47. The van der Waals surface area contributed by atoms with Gasteiger partial charge in [-0.25, -0.2) is 12.8 Å². The van der Waals surface area contributed by atoms with E-state index in [1.165, 1.54) is 20.9 Å². The average Bonchev–Trinajstić information content (AvgIpc) is 2.37. The summed E-state index contributed by atoms with van der Waals surface area (Å²) in [7, 11) is -3.04. The van der Waals surface area contributed by atoms with E-state index in [0.717, 1.165) is 16.4 Å². The van der Waals surface area contributed by atoms with E-state index >= 15 is 0 Å². The van der Waals surface area contributed by atoms with E-state index < -0.39 is 43.5 Å². The highest BCUT2D eigenvalue weighted by atomic mass is 32.2. The Morgan fingerprint density at radius 3 is 2.45 bits per heavy atom. The molecule has 0 saturated carbocycles. The summed E-state index contributed by atoms with van der Waals surface area (Å²) in [5.41, 5.74) is -1.99. The third-order valence-electron chi connectivity index (χ3n) is 3.00. The van der Waals surface area contributed by atoms with Crippen LogP contribution in [0.1, 0.15) is 13.8 Å². The molecule has 1 N–H and O–H groups in total. The van der Waals surface area contributed by atoms with Crippen LogP contribution in [0.15, 0.2) is 23.1 Å². The predicted molar refractivity (Wildman–Crippen MR) is 69.2 cm³/mol. The molecule has 0 saturated heterocycles. The van der Waals surface area contributed by atoms with Crippen LogP contribution in [0.25, 0.3) is 0 Å². The van der Waals surface area contributed by atoms with Gasteiger partial charge in [0.2, 0.25) is 10.0 Å². The maximum Gasteiger partial charge on any atom is 0.292 e. The molecule has 9 heteroatoms. The lowest BCUT2D eigenvalue weighted by atomic mass is 10.1. The molecule has 0 aliphatic carbocycles. The molecule has 0 aromatic heterocycles. The topological polar surface area (TPSA) is 101 Å². The molecule has 0 unspecified atom stereocenters. The molecule has 7 nitrogen and oxygen atoms in total. The number of benzene rings is 1. The smallest absolute Gasteiger partial charge is 0.292 e. The van der Waals surface area contributed by atoms with Crippen molar-refractivity contribution in [1.29, 1.82) is 0 Å². The minimum absolute atomic E-state index is 0.474. The summed E-state index contributed by atoms with van der Waals surface area (Å²) in [4.78, 5) is 9.29. The number of nitro groups is 1. The van der Waals surface area contributed by atoms with Crippen LogP contribution < -0.4 is 0 Å². The first-order chi connectivity index (χ1) is 9.04. The quantitative estimate of drug-likeness (QED) is 0.649. The number of aliphatic hydroxyl groups is 1. The van der Waals surface area contributed by atoms with Crippen LogP contribution in [-0.2, 0) is 10.0 Å². The molecule has 0 spiro atoms. The molecular weight excluding hydrogens is 291 g/mol. The molecule has 0 amide bonds. The summed E-state index contributed by atoms with van der Waals surface area (Å²) in [6.45, 7) is 2.44. The minimum Gasteiger partial charge on any atom is -0.394 e. The third kappa shape index (κ3) is 2.94. The first-order valence-electron chi connectivity index (χ1n) is 5.58. The lowest BCUT2D eigenvalue weighted by molar-refractivity contribution is -0.388. The van der Waals surface area contributed by atoms with Crippen LogP contribution in [0.3, 0.4) is 0 Å². The number of aliphatic hydroxyl groups excluding tert-OH is 1. The molecule has 0 heterocycles. The monoisotopic (exact) mass is 306 g/mol. The highest BCUT2D eigenvalue weighted by Gasteiger charge is 2.37. The number of rotatable bonds is 5. The molecule has 112 valence electrons. The van der Waals surface area contributed by atoms with Gasteiger partial charge < -0.3 is 5.11 Å². The molecule has 0 bridgehead atoms. The van der Waals surface area contributed by atoms with Crippen LogP contribution in [0, 0.1) is 15.9 Å². The van der Waals surface area contributed by atoms with E-state index in [9.17, 15) is 28.0 Å². The van der Waals surface area contributed by atoms with Crippen LogP contribution in [0.5, 0.6) is 0 Å². The summed E-state index contributed by atoms with van der Waals surface area (Å²) in [6.07, 6.45) is 0. The Kier molecular flexibility index (Phi) is 4.47. The van der Waals surface area contributed by atoms with E-state index in [1.54, 1.807) is 0 Å². The van der Waals surface area contributed by atoms with Crippen molar-refractivity contribution in [3.63, 3.8) is 0 Å². The highest BCUT2D eigenvalue weighted by Crippen LogP contribution is 2.30. The number of likely N-dealkylation sites (N-methyl/N-ethyl adjacent to an activating group) is 1. The fraction of sp³-hybridized carbons (Fsp3) is 0.455. The fourth-order valence-corrected chi connectivity index (χ4v) is 3.06. The van der Waals surface area contributed by atoms with Crippen molar-refractivity contribution in [1.82, 2.24) is 4.31 Å². The second kappa shape index (κ2) is 5.43. The molecule has 1 rings (SSSR count). The Labute approximate surface area is 115 Å². The molecule has 1 aromatic rings. The predicted octanol–water partition coefficient (Wildman–Crippen LogP) is 1.13. The van der Waals surface area contributed by atoms with E-state index in [0.29, 0.717) is 6.07 Å². The van der Waals surface area contributed by atoms with E-state index in [1.807, 2.05) is 0 Å². The van der Waals surface area contributed by atoms with Crippen molar-refractivity contribution in [2.45, 2.75) is 24.3 Å². The Morgan fingerprint density at radius 1 is 1.45 bits per heavy atom. The molecule has 0 aliphatic rings. The van der Waals surface area contributed by atoms with Crippen molar-refractivity contribution in [2.75, 3.05) is 13.7 Å². The van der Waals surface area contributed by atoms with Gasteiger partial charge in [0.1, 0.15) is 5.82 Å². The Morgan fingerprint density at radius 2 is 2.00 bits per heavy atom. The fourth-order valence-electron chi connectivity index (χ4n) is 1.42. The lowest BCUT2D eigenvalue weighted by Gasteiger charge is -2.32. The molecule has 0 atom stereocenters. The number of halogens is 1. The normalized spacial score (nSPS) is 12.7.